The van der Waals surface area contributed by atoms with Crippen molar-refractivity contribution in [2.75, 3.05) is 5.32 Å². The molecule has 2 aromatic carbocycles. The first-order valence-corrected chi connectivity index (χ1v) is 8.28. The zero-order valence-corrected chi connectivity index (χ0v) is 13.6. The van der Waals surface area contributed by atoms with E-state index in [1.165, 1.54) is 43.3 Å². The Morgan fingerprint density at radius 1 is 1.00 bits per heavy atom. The smallest absolute Gasteiger partial charge is 0.282 e. The summed E-state index contributed by atoms with van der Waals surface area (Å²) < 4.78 is 24.9. The van der Waals surface area contributed by atoms with Crippen LogP contribution in [-0.2, 0) is 14.8 Å². The van der Waals surface area contributed by atoms with E-state index in [1.807, 2.05) is 0 Å². The highest BCUT2D eigenvalue weighted by atomic mass is 35.5. The maximum atomic E-state index is 12.4. The first-order valence-electron chi connectivity index (χ1n) is 6.50. The Morgan fingerprint density at radius 3 is 2.09 bits per heavy atom. The van der Waals surface area contributed by atoms with Crippen LogP contribution < -0.4 is 5.32 Å². The minimum absolute atomic E-state index is 0.154. The molecule has 8 heteroatoms. The van der Waals surface area contributed by atoms with Crippen LogP contribution in [0, 0.1) is 0 Å². The van der Waals surface area contributed by atoms with E-state index in [1.54, 1.807) is 18.2 Å². The summed E-state index contributed by atoms with van der Waals surface area (Å²) in [4.78, 5) is 22.9. The van der Waals surface area contributed by atoms with Crippen LogP contribution in [0.5, 0.6) is 0 Å². The van der Waals surface area contributed by atoms with Gasteiger partial charge in [-0.05, 0) is 36.4 Å². The lowest BCUT2D eigenvalue weighted by atomic mass is 10.2. The van der Waals surface area contributed by atoms with Gasteiger partial charge < -0.3 is 5.32 Å². The Balaban J connectivity index is 2.27. The highest BCUT2D eigenvalue weighted by Gasteiger charge is 2.28. The molecule has 0 aliphatic rings. The van der Waals surface area contributed by atoms with Gasteiger partial charge in [-0.1, -0.05) is 18.2 Å². The number of nitrogens with one attached hydrogen (secondary N) is 1. The van der Waals surface area contributed by atoms with Gasteiger partial charge in [0.1, 0.15) is 0 Å². The van der Waals surface area contributed by atoms with Crippen LogP contribution in [0.1, 0.15) is 17.3 Å². The van der Waals surface area contributed by atoms with E-state index in [4.69, 9.17) is 11.8 Å². The number of amides is 2. The van der Waals surface area contributed by atoms with Crippen molar-refractivity contribution in [2.24, 2.45) is 0 Å². The predicted molar refractivity (Wildman–Crippen MR) is 86.4 cm³/mol. The molecule has 2 aromatic rings. The average Bonchev–Trinajstić information content (AvgIpc) is 2.54. The Bertz CT molecular complexity index is 820. The number of halogens is 1. The average molecular weight is 353 g/mol. The summed E-state index contributed by atoms with van der Waals surface area (Å²) in [6.07, 6.45) is 0. The van der Waals surface area contributed by atoms with Gasteiger partial charge in [0.2, 0.25) is 5.91 Å². The normalized spacial score (nSPS) is 10.9. The summed E-state index contributed by atoms with van der Waals surface area (Å²) in [7, 11) is -4.20. The Morgan fingerprint density at radius 2 is 1.57 bits per heavy atom. The number of hydrogen-bond acceptors (Lipinski definition) is 4. The van der Waals surface area contributed by atoms with Crippen molar-refractivity contribution >= 4 is 39.3 Å². The number of hydrogen-bond donors (Lipinski definition) is 1. The van der Waals surface area contributed by atoms with E-state index >= 15 is 0 Å². The third-order valence-corrected chi connectivity index (χ3v) is 5.02. The molecule has 0 aliphatic carbocycles. The number of nitrogens with zero attached hydrogens (tertiary/aromatic N) is 1. The lowest BCUT2D eigenvalue weighted by Gasteiger charge is -2.14. The molecule has 0 bridgehead atoms. The SMILES string of the molecule is CC(=O)Nc1ccc(S(=O)(=O)N(Cl)C(=O)c2ccccc2)cc1. The molecule has 2 amide bonds. The van der Waals surface area contributed by atoms with Crippen LogP contribution in [0.25, 0.3) is 0 Å². The van der Waals surface area contributed by atoms with Crippen molar-refractivity contribution in [3.8, 4) is 0 Å². The number of rotatable bonds is 4. The van der Waals surface area contributed by atoms with Gasteiger partial charge in [0.15, 0.2) is 0 Å². The predicted octanol–water partition coefficient (Wildman–Crippen LogP) is 2.63. The summed E-state index contributed by atoms with van der Waals surface area (Å²) in [5, 5.41) is 2.51. The maximum absolute atomic E-state index is 12.4. The minimum Gasteiger partial charge on any atom is -0.326 e. The molecule has 0 heterocycles. The molecule has 0 spiro atoms. The minimum atomic E-state index is -4.20. The van der Waals surface area contributed by atoms with Gasteiger partial charge >= 0.3 is 0 Å². The van der Waals surface area contributed by atoms with Gasteiger partial charge in [0, 0.05) is 30.0 Å². The summed E-state index contributed by atoms with van der Waals surface area (Å²) in [5.74, 6) is -1.13. The number of carbonyl (C=O) groups excluding carboxylic acids is 2. The van der Waals surface area contributed by atoms with Gasteiger partial charge in [-0.25, -0.2) is 0 Å². The largest absolute Gasteiger partial charge is 0.326 e. The highest BCUT2D eigenvalue weighted by Crippen LogP contribution is 2.22. The molecule has 0 saturated carbocycles. The second kappa shape index (κ2) is 6.80. The third kappa shape index (κ3) is 3.88. The van der Waals surface area contributed by atoms with E-state index in [0.717, 1.165) is 0 Å². The molecule has 0 atom stereocenters. The second-order valence-electron chi connectivity index (χ2n) is 4.60. The van der Waals surface area contributed by atoms with Crippen LogP contribution in [0.4, 0.5) is 5.69 Å². The van der Waals surface area contributed by atoms with Gasteiger partial charge in [-0.2, -0.15) is 8.42 Å². The monoisotopic (exact) mass is 352 g/mol. The molecule has 0 radical (unpaired) electrons. The Labute approximate surface area is 138 Å². The fraction of sp³-hybridized carbons (Fsp3) is 0.0667. The fourth-order valence-corrected chi connectivity index (χ4v) is 3.12. The number of anilines is 1. The van der Waals surface area contributed by atoms with E-state index < -0.39 is 15.9 Å². The molecule has 0 saturated heterocycles. The maximum Gasteiger partial charge on any atom is 0.282 e. The summed E-state index contributed by atoms with van der Waals surface area (Å²) in [5.41, 5.74) is 0.591. The van der Waals surface area contributed by atoms with Gasteiger partial charge in [0.25, 0.3) is 15.9 Å². The molecule has 120 valence electrons. The Kier molecular flexibility index (Phi) is 5.02. The number of benzene rings is 2. The Hall–Kier alpha value is -2.38. The van der Waals surface area contributed by atoms with Crippen LogP contribution in [0.15, 0.2) is 59.5 Å². The van der Waals surface area contributed by atoms with E-state index in [2.05, 4.69) is 5.32 Å². The van der Waals surface area contributed by atoms with E-state index in [-0.39, 0.29) is 20.2 Å². The van der Waals surface area contributed by atoms with Crippen molar-refractivity contribution in [1.29, 1.82) is 0 Å². The summed E-state index contributed by atoms with van der Waals surface area (Å²) in [6, 6.07) is 13.2. The van der Waals surface area contributed by atoms with Gasteiger partial charge in [0.05, 0.1) is 4.90 Å². The molecule has 0 fully saturated rings. The molecular weight excluding hydrogens is 340 g/mol. The van der Waals surface area contributed by atoms with Gasteiger partial charge in [-0.3, -0.25) is 9.59 Å². The van der Waals surface area contributed by atoms with Crippen LogP contribution in [-0.4, -0.2) is 24.1 Å². The van der Waals surface area contributed by atoms with Crippen LogP contribution in [0.3, 0.4) is 0 Å². The number of sulfonamides is 1. The van der Waals surface area contributed by atoms with E-state index in [0.29, 0.717) is 5.69 Å². The van der Waals surface area contributed by atoms with Crippen LogP contribution in [0.2, 0.25) is 0 Å². The van der Waals surface area contributed by atoms with Crippen molar-refractivity contribution < 1.29 is 18.0 Å². The van der Waals surface area contributed by atoms with Gasteiger partial charge in [-0.15, -0.1) is 3.82 Å². The van der Waals surface area contributed by atoms with Crippen molar-refractivity contribution in [3.05, 3.63) is 60.2 Å². The molecule has 6 nitrogen and oxygen atoms in total. The topological polar surface area (TPSA) is 83.6 Å². The summed E-state index contributed by atoms with van der Waals surface area (Å²) in [6.45, 7) is 1.34. The van der Waals surface area contributed by atoms with Crippen molar-refractivity contribution in [1.82, 2.24) is 3.82 Å². The third-order valence-electron chi connectivity index (χ3n) is 2.86. The molecule has 0 aliphatic heterocycles. The lowest BCUT2D eigenvalue weighted by molar-refractivity contribution is -0.114. The molecule has 0 aromatic heterocycles. The van der Waals surface area contributed by atoms with Crippen molar-refractivity contribution in [3.63, 3.8) is 0 Å². The standard InChI is InChI=1S/C15H13ClN2O4S/c1-11(19)17-13-7-9-14(10-8-13)23(21,22)18(16)15(20)12-5-3-2-4-6-12/h2-10H,1H3,(H,17,19). The van der Waals surface area contributed by atoms with Crippen molar-refractivity contribution in [2.45, 2.75) is 11.8 Å². The molecule has 23 heavy (non-hydrogen) atoms. The zero-order chi connectivity index (χ0) is 17.0. The second-order valence-corrected chi connectivity index (χ2v) is 6.92. The summed E-state index contributed by atoms with van der Waals surface area (Å²) >= 11 is 5.74. The fourth-order valence-electron chi connectivity index (χ4n) is 1.80. The highest BCUT2D eigenvalue weighted by molar-refractivity contribution is 7.90. The molecular formula is C15H13ClN2O4S. The first kappa shape index (κ1) is 17.0. The molecule has 0 unspecified atom stereocenters. The molecule has 1 N–H and O–H groups in total. The van der Waals surface area contributed by atoms with E-state index in [9.17, 15) is 18.0 Å². The zero-order valence-electron chi connectivity index (χ0n) is 12.1. The first-order chi connectivity index (χ1) is 10.8. The number of carbonyl (C=O) groups is 2. The van der Waals surface area contributed by atoms with Crippen LogP contribution >= 0.6 is 11.8 Å². The molecule has 2 rings (SSSR count). The quantitative estimate of drug-likeness (QED) is 0.857. The lowest BCUT2D eigenvalue weighted by Crippen LogP contribution is -2.28.